The van der Waals surface area contributed by atoms with E-state index in [1.54, 1.807) is 6.92 Å². The van der Waals surface area contributed by atoms with E-state index in [0.29, 0.717) is 0 Å². The second-order valence-electron chi connectivity index (χ2n) is 4.87. The van der Waals surface area contributed by atoms with Crippen LogP contribution in [0.1, 0.15) is 40.0 Å². The van der Waals surface area contributed by atoms with Crippen molar-refractivity contribution in [2.24, 2.45) is 5.92 Å². The maximum absolute atomic E-state index is 11.7. The van der Waals surface area contributed by atoms with E-state index in [0.717, 1.165) is 0 Å². The van der Waals surface area contributed by atoms with Gasteiger partial charge in [-0.3, -0.25) is 9.59 Å². The van der Waals surface area contributed by atoms with E-state index in [2.05, 4.69) is 9.46 Å². The van der Waals surface area contributed by atoms with Gasteiger partial charge in [-0.15, -0.1) is 0 Å². The zero-order valence-electron chi connectivity index (χ0n) is 12.1. The average Bonchev–Trinajstić information content (AvgIpc) is 2.26. The van der Waals surface area contributed by atoms with E-state index in [-0.39, 0.29) is 37.5 Å². The summed E-state index contributed by atoms with van der Waals surface area (Å²) >= 11 is 0. The largest absolute Gasteiger partial charge is 0.480 e. The zero-order chi connectivity index (χ0) is 15.8. The molecule has 0 aliphatic heterocycles. The molecule has 0 heterocycles. The highest BCUT2D eigenvalue weighted by Crippen LogP contribution is 2.07. The van der Waals surface area contributed by atoms with Crippen LogP contribution in [0.2, 0.25) is 0 Å². The van der Waals surface area contributed by atoms with Gasteiger partial charge < -0.3 is 9.84 Å². The van der Waals surface area contributed by atoms with Crippen molar-refractivity contribution in [3.05, 3.63) is 0 Å². The first-order valence-corrected chi connectivity index (χ1v) is 8.21. The smallest absolute Gasteiger partial charge is 0.321 e. The molecular weight excluding hydrogens is 286 g/mol. The van der Waals surface area contributed by atoms with E-state index in [4.69, 9.17) is 5.11 Å². The number of hydrogen-bond donors (Lipinski definition) is 2. The van der Waals surface area contributed by atoms with Crippen molar-refractivity contribution in [1.29, 1.82) is 0 Å². The molecule has 0 unspecified atom stereocenters. The lowest BCUT2D eigenvalue weighted by Crippen LogP contribution is -2.42. The van der Waals surface area contributed by atoms with Crippen LogP contribution in [0.15, 0.2) is 0 Å². The fourth-order valence-electron chi connectivity index (χ4n) is 1.59. The first-order valence-electron chi connectivity index (χ1n) is 6.56. The van der Waals surface area contributed by atoms with Crippen LogP contribution in [0.3, 0.4) is 0 Å². The predicted molar refractivity (Wildman–Crippen MR) is 73.7 cm³/mol. The molecule has 1 atom stereocenters. The molecule has 20 heavy (non-hydrogen) atoms. The molecule has 0 saturated carbocycles. The lowest BCUT2D eigenvalue weighted by molar-refractivity contribution is -0.143. The number of carboxylic acid groups (broad SMARTS) is 1. The Morgan fingerprint density at radius 1 is 1.30 bits per heavy atom. The van der Waals surface area contributed by atoms with Crippen LogP contribution >= 0.6 is 0 Å². The van der Waals surface area contributed by atoms with E-state index < -0.39 is 28.0 Å². The Balaban J connectivity index is 4.34. The van der Waals surface area contributed by atoms with Crippen LogP contribution in [0.5, 0.6) is 0 Å². The van der Waals surface area contributed by atoms with Gasteiger partial charge in [0.2, 0.25) is 10.0 Å². The fraction of sp³-hybridized carbons (Fsp3) is 0.833. The summed E-state index contributed by atoms with van der Waals surface area (Å²) in [4.78, 5) is 22.1. The summed E-state index contributed by atoms with van der Waals surface area (Å²) in [6.45, 7) is 5.54. The number of carboxylic acids is 1. The van der Waals surface area contributed by atoms with Gasteiger partial charge in [-0.25, -0.2) is 13.1 Å². The topological polar surface area (TPSA) is 110 Å². The molecule has 0 radical (unpaired) electrons. The van der Waals surface area contributed by atoms with Crippen LogP contribution in [-0.2, 0) is 24.3 Å². The van der Waals surface area contributed by atoms with Crippen molar-refractivity contribution in [3.63, 3.8) is 0 Å². The third-order valence-corrected chi connectivity index (χ3v) is 3.90. The van der Waals surface area contributed by atoms with E-state index in [1.165, 1.54) is 0 Å². The molecule has 0 spiro atoms. The Morgan fingerprint density at radius 3 is 2.35 bits per heavy atom. The number of hydrogen-bond acceptors (Lipinski definition) is 5. The number of rotatable bonds is 10. The summed E-state index contributed by atoms with van der Waals surface area (Å²) in [7, 11) is -3.72. The highest BCUT2D eigenvalue weighted by molar-refractivity contribution is 7.89. The standard InChI is InChI=1S/C12H23NO6S/c1-4-19-11(14)6-5-7-20(17,18)13-10(12(15)16)8-9(2)3/h9-10,13H,4-8H2,1-3H3,(H,15,16)/t10-/m0/s1. The normalized spacial score (nSPS) is 13.2. The van der Waals surface area contributed by atoms with Crippen LogP contribution < -0.4 is 4.72 Å². The van der Waals surface area contributed by atoms with Crippen molar-refractivity contribution in [1.82, 2.24) is 4.72 Å². The third-order valence-electron chi connectivity index (χ3n) is 2.43. The minimum absolute atomic E-state index is 0.00330. The number of aliphatic carboxylic acids is 1. The Kier molecular flexibility index (Phi) is 8.40. The number of esters is 1. The van der Waals surface area contributed by atoms with Crippen molar-refractivity contribution in [2.45, 2.75) is 46.1 Å². The maximum Gasteiger partial charge on any atom is 0.321 e. The Morgan fingerprint density at radius 2 is 1.90 bits per heavy atom. The highest BCUT2D eigenvalue weighted by Gasteiger charge is 2.24. The van der Waals surface area contributed by atoms with Gasteiger partial charge in [-0.2, -0.15) is 0 Å². The number of nitrogens with one attached hydrogen (secondary N) is 1. The maximum atomic E-state index is 11.7. The Hall–Kier alpha value is -1.15. The molecule has 0 bridgehead atoms. The number of carbonyl (C=O) groups excluding carboxylic acids is 1. The van der Waals surface area contributed by atoms with Gasteiger partial charge in [0.1, 0.15) is 6.04 Å². The molecule has 0 amide bonds. The van der Waals surface area contributed by atoms with Gasteiger partial charge in [-0.1, -0.05) is 13.8 Å². The molecule has 0 aliphatic rings. The van der Waals surface area contributed by atoms with E-state index >= 15 is 0 Å². The molecule has 118 valence electrons. The Bertz CT molecular complexity index is 418. The summed E-state index contributed by atoms with van der Waals surface area (Å²) in [5.74, 6) is -1.90. The molecule has 8 heteroatoms. The zero-order valence-corrected chi connectivity index (χ0v) is 12.9. The summed E-state index contributed by atoms with van der Waals surface area (Å²) < 4.78 is 30.3. The molecule has 7 nitrogen and oxygen atoms in total. The van der Waals surface area contributed by atoms with Gasteiger partial charge in [0, 0.05) is 6.42 Å². The summed E-state index contributed by atoms with van der Waals surface area (Å²) in [6, 6.07) is -1.14. The molecule has 0 rings (SSSR count). The highest BCUT2D eigenvalue weighted by atomic mass is 32.2. The predicted octanol–water partition coefficient (Wildman–Crippen LogP) is 0.748. The molecule has 0 fully saturated rings. The summed E-state index contributed by atoms with van der Waals surface area (Å²) in [5.41, 5.74) is 0. The van der Waals surface area contributed by atoms with Crippen molar-refractivity contribution < 1.29 is 27.9 Å². The first-order chi connectivity index (χ1) is 9.18. The second kappa shape index (κ2) is 8.91. The molecule has 0 aromatic heterocycles. The molecule has 2 N–H and O–H groups in total. The van der Waals surface area contributed by atoms with E-state index in [1.807, 2.05) is 13.8 Å². The van der Waals surface area contributed by atoms with Gasteiger partial charge in [0.15, 0.2) is 0 Å². The molecule has 0 aliphatic carbocycles. The van der Waals surface area contributed by atoms with Crippen molar-refractivity contribution >= 4 is 22.0 Å². The quantitative estimate of drug-likeness (QED) is 0.576. The van der Waals surface area contributed by atoms with Crippen LogP contribution in [0, 0.1) is 5.92 Å². The minimum atomic E-state index is -3.72. The minimum Gasteiger partial charge on any atom is -0.480 e. The van der Waals surface area contributed by atoms with Crippen LogP contribution in [0.25, 0.3) is 0 Å². The molecular formula is C12H23NO6S. The lowest BCUT2D eigenvalue weighted by Gasteiger charge is -2.16. The number of carbonyl (C=O) groups is 2. The summed E-state index contributed by atoms with van der Waals surface area (Å²) in [5, 5.41) is 8.97. The van der Waals surface area contributed by atoms with E-state index in [9.17, 15) is 18.0 Å². The Labute approximate surface area is 119 Å². The monoisotopic (exact) mass is 309 g/mol. The fourth-order valence-corrected chi connectivity index (χ4v) is 2.86. The SMILES string of the molecule is CCOC(=O)CCCS(=O)(=O)N[C@@H](CC(C)C)C(=O)O. The van der Waals surface area contributed by atoms with Gasteiger partial charge in [-0.05, 0) is 25.7 Å². The lowest BCUT2D eigenvalue weighted by atomic mass is 10.1. The average molecular weight is 309 g/mol. The van der Waals surface area contributed by atoms with Crippen LogP contribution in [-0.4, -0.2) is 43.9 Å². The summed E-state index contributed by atoms with van der Waals surface area (Å²) in [6.07, 6.45) is 0.311. The third kappa shape index (κ3) is 8.87. The van der Waals surface area contributed by atoms with Gasteiger partial charge >= 0.3 is 11.9 Å². The van der Waals surface area contributed by atoms with Crippen molar-refractivity contribution in [3.8, 4) is 0 Å². The number of ether oxygens (including phenoxy) is 1. The first kappa shape index (κ1) is 18.9. The van der Waals surface area contributed by atoms with Crippen molar-refractivity contribution in [2.75, 3.05) is 12.4 Å². The molecule has 0 aromatic carbocycles. The van der Waals surface area contributed by atoms with Crippen LogP contribution in [0.4, 0.5) is 0 Å². The number of sulfonamides is 1. The molecule has 0 saturated heterocycles. The van der Waals surface area contributed by atoms with Gasteiger partial charge in [0.05, 0.1) is 12.4 Å². The van der Waals surface area contributed by atoms with Gasteiger partial charge in [0.25, 0.3) is 0 Å². The second-order valence-corrected chi connectivity index (χ2v) is 6.74. The molecule has 0 aromatic rings.